The summed E-state index contributed by atoms with van der Waals surface area (Å²) in [6.07, 6.45) is 5.21. The van der Waals surface area contributed by atoms with Gasteiger partial charge in [0.15, 0.2) is 0 Å². The summed E-state index contributed by atoms with van der Waals surface area (Å²) in [5.74, 6) is -0.00916. The molecule has 25 heavy (non-hydrogen) atoms. The number of anilines is 1. The number of H-pyrrole nitrogens is 1. The second kappa shape index (κ2) is 7.55. The lowest BCUT2D eigenvalue weighted by atomic mass is 10.2. The van der Waals surface area contributed by atoms with Gasteiger partial charge in [0.05, 0.1) is 11.2 Å². The molecule has 0 radical (unpaired) electrons. The molecule has 0 aliphatic carbocycles. The third-order valence-corrected chi connectivity index (χ3v) is 6.51. The SMILES string of the molecule is O=C(Nc1ccn[nH]1)c1ccc(Cl)c(S(=O)(=O)N2CCCCCC2)c1. The van der Waals surface area contributed by atoms with Crippen molar-refractivity contribution in [3.8, 4) is 0 Å². The van der Waals surface area contributed by atoms with E-state index in [0.717, 1.165) is 25.7 Å². The molecule has 0 saturated carbocycles. The second-order valence-electron chi connectivity index (χ2n) is 5.89. The van der Waals surface area contributed by atoms with Gasteiger partial charge in [0, 0.05) is 24.7 Å². The molecule has 1 fully saturated rings. The van der Waals surface area contributed by atoms with Crippen LogP contribution in [0.25, 0.3) is 0 Å². The van der Waals surface area contributed by atoms with Crippen molar-refractivity contribution in [2.45, 2.75) is 30.6 Å². The molecular weight excluding hydrogens is 364 g/mol. The van der Waals surface area contributed by atoms with Crippen LogP contribution in [0.2, 0.25) is 5.02 Å². The van der Waals surface area contributed by atoms with E-state index in [4.69, 9.17) is 11.6 Å². The highest BCUT2D eigenvalue weighted by molar-refractivity contribution is 7.89. The fourth-order valence-corrected chi connectivity index (χ4v) is 4.80. The van der Waals surface area contributed by atoms with Crippen LogP contribution in [0.3, 0.4) is 0 Å². The number of amides is 1. The van der Waals surface area contributed by atoms with Gasteiger partial charge in [-0.15, -0.1) is 0 Å². The lowest BCUT2D eigenvalue weighted by molar-refractivity contribution is 0.102. The predicted octanol–water partition coefficient (Wildman–Crippen LogP) is 2.88. The lowest BCUT2D eigenvalue weighted by Gasteiger charge is -2.21. The summed E-state index contributed by atoms with van der Waals surface area (Å²) in [5, 5.41) is 9.10. The number of sulfonamides is 1. The Hall–Kier alpha value is -1.90. The van der Waals surface area contributed by atoms with E-state index in [2.05, 4.69) is 15.5 Å². The van der Waals surface area contributed by atoms with Crippen molar-refractivity contribution in [1.29, 1.82) is 0 Å². The summed E-state index contributed by atoms with van der Waals surface area (Å²) < 4.78 is 27.3. The minimum Gasteiger partial charge on any atom is -0.307 e. The minimum absolute atomic E-state index is 0.0340. The van der Waals surface area contributed by atoms with Gasteiger partial charge >= 0.3 is 0 Å². The summed E-state index contributed by atoms with van der Waals surface area (Å²) in [5.41, 5.74) is 0.215. The van der Waals surface area contributed by atoms with E-state index in [1.165, 1.54) is 28.7 Å². The Morgan fingerprint density at radius 3 is 2.52 bits per heavy atom. The summed E-state index contributed by atoms with van der Waals surface area (Å²) in [4.78, 5) is 12.3. The number of carbonyl (C=O) groups excluding carboxylic acids is 1. The van der Waals surface area contributed by atoms with Crippen LogP contribution in [0.4, 0.5) is 5.82 Å². The summed E-state index contributed by atoms with van der Waals surface area (Å²) >= 11 is 6.13. The predicted molar refractivity (Wildman–Crippen MR) is 95.2 cm³/mol. The number of benzene rings is 1. The summed E-state index contributed by atoms with van der Waals surface area (Å²) in [7, 11) is -3.73. The summed E-state index contributed by atoms with van der Waals surface area (Å²) in [6, 6.07) is 5.86. The number of nitrogens with one attached hydrogen (secondary N) is 2. The summed E-state index contributed by atoms with van der Waals surface area (Å²) in [6.45, 7) is 0.951. The highest BCUT2D eigenvalue weighted by Crippen LogP contribution is 2.28. The molecule has 1 aliphatic heterocycles. The Bertz CT molecular complexity index is 844. The normalized spacial score (nSPS) is 16.4. The Labute approximate surface area is 151 Å². The van der Waals surface area contributed by atoms with Gasteiger partial charge in [0.25, 0.3) is 5.91 Å². The highest BCUT2D eigenvalue weighted by Gasteiger charge is 2.28. The minimum atomic E-state index is -3.73. The molecule has 1 aromatic carbocycles. The van der Waals surface area contributed by atoms with E-state index in [1.54, 1.807) is 6.07 Å². The van der Waals surface area contributed by atoms with Crippen LogP contribution < -0.4 is 5.32 Å². The molecule has 134 valence electrons. The second-order valence-corrected chi connectivity index (χ2v) is 8.20. The average Bonchev–Trinajstić information content (AvgIpc) is 2.93. The van der Waals surface area contributed by atoms with Gasteiger partial charge in [0.2, 0.25) is 10.0 Å². The molecule has 3 rings (SSSR count). The number of hydrogen-bond donors (Lipinski definition) is 2. The number of aromatic amines is 1. The van der Waals surface area contributed by atoms with Gasteiger partial charge in [-0.1, -0.05) is 24.4 Å². The molecule has 2 aromatic rings. The Morgan fingerprint density at radius 2 is 1.88 bits per heavy atom. The van der Waals surface area contributed by atoms with Crippen molar-refractivity contribution in [2.24, 2.45) is 0 Å². The van der Waals surface area contributed by atoms with Crippen LogP contribution in [0.1, 0.15) is 36.0 Å². The monoisotopic (exact) mass is 382 g/mol. The van der Waals surface area contributed by atoms with E-state index in [1.807, 2.05) is 0 Å². The van der Waals surface area contributed by atoms with E-state index in [0.29, 0.717) is 18.9 Å². The molecule has 1 aliphatic rings. The topological polar surface area (TPSA) is 95.2 Å². The zero-order chi connectivity index (χ0) is 17.9. The van der Waals surface area contributed by atoms with Gasteiger partial charge in [0.1, 0.15) is 10.7 Å². The number of halogens is 1. The zero-order valence-electron chi connectivity index (χ0n) is 13.5. The Kier molecular flexibility index (Phi) is 5.41. The van der Waals surface area contributed by atoms with Crippen LogP contribution in [-0.4, -0.2) is 41.9 Å². The first-order chi connectivity index (χ1) is 12.0. The molecule has 2 N–H and O–H groups in total. The maximum atomic E-state index is 12.9. The largest absolute Gasteiger partial charge is 0.307 e. The first kappa shape index (κ1) is 17.9. The molecule has 7 nitrogen and oxygen atoms in total. The van der Waals surface area contributed by atoms with Crippen molar-refractivity contribution in [3.05, 3.63) is 41.0 Å². The molecule has 1 saturated heterocycles. The lowest BCUT2D eigenvalue weighted by Crippen LogP contribution is -2.32. The molecule has 9 heteroatoms. The molecule has 1 aromatic heterocycles. The average molecular weight is 383 g/mol. The van der Waals surface area contributed by atoms with Crippen LogP contribution >= 0.6 is 11.6 Å². The van der Waals surface area contributed by atoms with Crippen molar-refractivity contribution in [2.75, 3.05) is 18.4 Å². The molecular formula is C16H19ClN4O3S. The van der Waals surface area contributed by atoms with Crippen LogP contribution in [0, 0.1) is 0 Å². The van der Waals surface area contributed by atoms with Crippen LogP contribution in [0.5, 0.6) is 0 Å². The molecule has 0 bridgehead atoms. The van der Waals surface area contributed by atoms with Gasteiger partial charge in [-0.25, -0.2) is 8.42 Å². The molecule has 1 amide bonds. The quantitative estimate of drug-likeness (QED) is 0.849. The Morgan fingerprint density at radius 1 is 1.16 bits per heavy atom. The number of nitrogens with zero attached hydrogens (tertiary/aromatic N) is 2. The maximum absolute atomic E-state index is 12.9. The fourth-order valence-electron chi connectivity index (χ4n) is 2.78. The van der Waals surface area contributed by atoms with Crippen molar-refractivity contribution < 1.29 is 13.2 Å². The third kappa shape index (κ3) is 4.02. The number of hydrogen-bond acceptors (Lipinski definition) is 4. The van der Waals surface area contributed by atoms with Crippen molar-refractivity contribution >= 4 is 33.3 Å². The number of rotatable bonds is 4. The number of aromatic nitrogens is 2. The van der Waals surface area contributed by atoms with Crippen LogP contribution in [-0.2, 0) is 10.0 Å². The third-order valence-electron chi connectivity index (χ3n) is 4.13. The van der Waals surface area contributed by atoms with Gasteiger partial charge < -0.3 is 5.32 Å². The first-order valence-electron chi connectivity index (χ1n) is 8.09. The van der Waals surface area contributed by atoms with E-state index in [-0.39, 0.29) is 15.5 Å². The molecule has 0 spiro atoms. The standard InChI is InChI=1S/C16H19ClN4O3S/c17-13-6-5-12(16(22)19-15-7-8-18-20-15)11-14(13)25(23,24)21-9-3-1-2-4-10-21/h5-8,11H,1-4,9-10H2,(H2,18,19,20,22). The zero-order valence-corrected chi connectivity index (χ0v) is 15.1. The van der Waals surface area contributed by atoms with Crippen molar-refractivity contribution in [3.63, 3.8) is 0 Å². The van der Waals surface area contributed by atoms with E-state index >= 15 is 0 Å². The van der Waals surface area contributed by atoms with Gasteiger partial charge in [-0.05, 0) is 31.0 Å². The fraction of sp³-hybridized carbons (Fsp3) is 0.375. The van der Waals surface area contributed by atoms with Gasteiger partial charge in [-0.3, -0.25) is 9.89 Å². The first-order valence-corrected chi connectivity index (χ1v) is 9.91. The van der Waals surface area contributed by atoms with E-state index < -0.39 is 15.9 Å². The molecule has 0 atom stereocenters. The molecule has 0 unspecified atom stereocenters. The van der Waals surface area contributed by atoms with Crippen LogP contribution in [0.15, 0.2) is 35.4 Å². The smallest absolute Gasteiger partial charge is 0.256 e. The van der Waals surface area contributed by atoms with E-state index in [9.17, 15) is 13.2 Å². The Balaban J connectivity index is 1.89. The molecule has 2 heterocycles. The van der Waals surface area contributed by atoms with Gasteiger partial charge in [-0.2, -0.15) is 9.40 Å². The maximum Gasteiger partial charge on any atom is 0.256 e. The highest BCUT2D eigenvalue weighted by atomic mass is 35.5. The number of carbonyl (C=O) groups is 1. The van der Waals surface area contributed by atoms with Crippen molar-refractivity contribution in [1.82, 2.24) is 14.5 Å².